The van der Waals surface area contributed by atoms with E-state index in [0.717, 1.165) is 23.0 Å². The molecule has 3 nitrogen and oxygen atoms in total. The second kappa shape index (κ2) is 7.38. The Kier molecular flexibility index (Phi) is 4.81. The van der Waals surface area contributed by atoms with Crippen LogP contribution in [0.3, 0.4) is 0 Å². The summed E-state index contributed by atoms with van der Waals surface area (Å²) in [4.78, 5) is 4.69. The number of hydrogen-bond acceptors (Lipinski definition) is 4. The van der Waals surface area contributed by atoms with Gasteiger partial charge in [-0.2, -0.15) is 0 Å². The molecule has 3 aromatic rings. The van der Waals surface area contributed by atoms with E-state index in [1.54, 1.807) is 11.3 Å². The van der Waals surface area contributed by atoms with Gasteiger partial charge in [-0.05, 0) is 43.0 Å². The van der Waals surface area contributed by atoms with Gasteiger partial charge in [0, 0.05) is 18.0 Å². The second-order valence-corrected chi connectivity index (χ2v) is 7.45. The Morgan fingerprint density at radius 1 is 1.16 bits per heavy atom. The lowest BCUT2D eigenvalue weighted by Crippen LogP contribution is -2.18. The Morgan fingerprint density at radius 2 is 2.00 bits per heavy atom. The zero-order chi connectivity index (χ0) is 17.1. The maximum atomic E-state index is 5.81. The number of benzene rings is 2. The van der Waals surface area contributed by atoms with E-state index in [4.69, 9.17) is 9.72 Å². The first-order chi connectivity index (χ1) is 12.3. The highest BCUT2D eigenvalue weighted by Gasteiger charge is 2.21. The van der Waals surface area contributed by atoms with E-state index in [9.17, 15) is 0 Å². The molecule has 1 unspecified atom stereocenters. The van der Waals surface area contributed by atoms with Crippen molar-refractivity contribution in [3.63, 3.8) is 0 Å². The SMILES string of the molecule is Cc1ccc(OCc2nc(CNC3CCc4ccccc43)cs2)cc1. The fraction of sp³-hybridized carbons (Fsp3) is 0.286. The summed E-state index contributed by atoms with van der Waals surface area (Å²) in [7, 11) is 0. The number of nitrogens with zero attached hydrogens (tertiary/aromatic N) is 1. The minimum Gasteiger partial charge on any atom is -0.486 e. The van der Waals surface area contributed by atoms with Gasteiger partial charge in [-0.15, -0.1) is 11.3 Å². The molecule has 0 fully saturated rings. The average Bonchev–Trinajstić information content (AvgIpc) is 3.26. The summed E-state index contributed by atoms with van der Waals surface area (Å²) in [6, 6.07) is 17.3. The highest BCUT2D eigenvalue weighted by molar-refractivity contribution is 7.09. The first-order valence-electron chi connectivity index (χ1n) is 8.72. The summed E-state index contributed by atoms with van der Waals surface area (Å²) < 4.78 is 5.81. The molecule has 25 heavy (non-hydrogen) atoms. The second-order valence-electron chi connectivity index (χ2n) is 6.51. The smallest absolute Gasteiger partial charge is 0.140 e. The number of rotatable bonds is 6. The molecular formula is C21H22N2OS. The largest absolute Gasteiger partial charge is 0.486 e. The van der Waals surface area contributed by atoms with Crippen LogP contribution in [-0.4, -0.2) is 4.98 Å². The van der Waals surface area contributed by atoms with Gasteiger partial charge in [-0.1, -0.05) is 42.0 Å². The maximum absolute atomic E-state index is 5.81. The van der Waals surface area contributed by atoms with Gasteiger partial charge in [0.2, 0.25) is 0 Å². The summed E-state index contributed by atoms with van der Waals surface area (Å²) >= 11 is 1.66. The summed E-state index contributed by atoms with van der Waals surface area (Å²) in [6.45, 7) is 3.41. The van der Waals surface area contributed by atoms with Crippen molar-refractivity contribution in [3.05, 3.63) is 81.3 Å². The maximum Gasteiger partial charge on any atom is 0.140 e. The van der Waals surface area contributed by atoms with Gasteiger partial charge in [0.15, 0.2) is 0 Å². The van der Waals surface area contributed by atoms with E-state index in [1.165, 1.54) is 29.5 Å². The molecule has 1 aromatic heterocycles. The average molecular weight is 350 g/mol. The van der Waals surface area contributed by atoms with Crippen LogP contribution >= 0.6 is 11.3 Å². The standard InChI is InChI=1S/C21H22N2OS/c1-15-6-9-18(10-7-15)24-13-21-23-17(14-25-21)12-22-20-11-8-16-4-2-3-5-19(16)20/h2-7,9-10,14,20,22H,8,11-13H2,1H3. The number of fused-ring (bicyclic) bond motifs is 1. The predicted molar refractivity (Wildman–Crippen MR) is 102 cm³/mol. The van der Waals surface area contributed by atoms with Crippen molar-refractivity contribution >= 4 is 11.3 Å². The summed E-state index contributed by atoms with van der Waals surface area (Å²) in [5.74, 6) is 0.892. The van der Waals surface area contributed by atoms with Crippen LogP contribution in [0.25, 0.3) is 0 Å². The van der Waals surface area contributed by atoms with Crippen molar-refractivity contribution in [2.45, 2.75) is 39.0 Å². The number of aryl methyl sites for hydroxylation is 2. The molecule has 0 saturated heterocycles. The molecule has 0 radical (unpaired) electrons. The Hall–Kier alpha value is -2.17. The quantitative estimate of drug-likeness (QED) is 0.693. The highest BCUT2D eigenvalue weighted by Crippen LogP contribution is 2.30. The summed E-state index contributed by atoms with van der Waals surface area (Å²) in [5, 5.41) is 6.80. The fourth-order valence-electron chi connectivity index (χ4n) is 3.27. The molecule has 0 amide bonds. The van der Waals surface area contributed by atoms with E-state index in [2.05, 4.69) is 54.0 Å². The van der Waals surface area contributed by atoms with Gasteiger partial charge in [0.05, 0.1) is 5.69 Å². The molecule has 1 atom stereocenters. The van der Waals surface area contributed by atoms with Gasteiger partial charge >= 0.3 is 0 Å². The monoisotopic (exact) mass is 350 g/mol. The zero-order valence-corrected chi connectivity index (χ0v) is 15.2. The number of hydrogen-bond donors (Lipinski definition) is 1. The van der Waals surface area contributed by atoms with E-state index >= 15 is 0 Å². The third kappa shape index (κ3) is 3.91. The first-order valence-corrected chi connectivity index (χ1v) is 9.60. The molecular weight excluding hydrogens is 328 g/mol. The Morgan fingerprint density at radius 3 is 2.88 bits per heavy atom. The lowest BCUT2D eigenvalue weighted by Gasteiger charge is -2.12. The van der Waals surface area contributed by atoms with Crippen molar-refractivity contribution in [1.82, 2.24) is 10.3 Å². The third-order valence-corrected chi connectivity index (χ3v) is 5.52. The molecule has 2 aromatic carbocycles. The number of aromatic nitrogens is 1. The van der Waals surface area contributed by atoms with E-state index < -0.39 is 0 Å². The Bertz CT molecular complexity index is 841. The van der Waals surface area contributed by atoms with Crippen molar-refractivity contribution in [2.75, 3.05) is 0 Å². The molecule has 1 aliphatic carbocycles. The summed E-state index contributed by atoms with van der Waals surface area (Å²) in [6.07, 6.45) is 2.34. The van der Waals surface area contributed by atoms with E-state index in [-0.39, 0.29) is 0 Å². The van der Waals surface area contributed by atoms with Crippen molar-refractivity contribution < 1.29 is 4.74 Å². The van der Waals surface area contributed by atoms with Crippen molar-refractivity contribution in [3.8, 4) is 5.75 Å². The van der Waals surface area contributed by atoms with Crippen LogP contribution in [0, 0.1) is 6.92 Å². The third-order valence-electron chi connectivity index (χ3n) is 4.65. The van der Waals surface area contributed by atoms with Gasteiger partial charge in [0.25, 0.3) is 0 Å². The lowest BCUT2D eigenvalue weighted by molar-refractivity contribution is 0.305. The topological polar surface area (TPSA) is 34.1 Å². The van der Waals surface area contributed by atoms with E-state index in [0.29, 0.717) is 12.6 Å². The first kappa shape index (κ1) is 16.3. The fourth-order valence-corrected chi connectivity index (χ4v) is 3.98. The minimum absolute atomic E-state index is 0.449. The molecule has 1 aliphatic rings. The molecule has 0 bridgehead atoms. The van der Waals surface area contributed by atoms with Crippen LogP contribution < -0.4 is 10.1 Å². The molecule has 1 N–H and O–H groups in total. The minimum atomic E-state index is 0.449. The number of thiazole rings is 1. The molecule has 1 heterocycles. The highest BCUT2D eigenvalue weighted by atomic mass is 32.1. The molecule has 0 aliphatic heterocycles. The number of nitrogens with one attached hydrogen (secondary N) is 1. The van der Waals surface area contributed by atoms with E-state index in [1.807, 2.05) is 12.1 Å². The van der Waals surface area contributed by atoms with Crippen LogP contribution in [0.4, 0.5) is 0 Å². The molecule has 0 saturated carbocycles. The molecule has 0 spiro atoms. The predicted octanol–water partition coefficient (Wildman–Crippen LogP) is 4.81. The Labute approximate surface area is 152 Å². The molecule has 4 rings (SSSR count). The molecule has 4 heteroatoms. The number of ether oxygens (including phenoxy) is 1. The van der Waals surface area contributed by atoms with Gasteiger partial charge in [0.1, 0.15) is 17.4 Å². The van der Waals surface area contributed by atoms with Crippen LogP contribution in [0.1, 0.15) is 39.9 Å². The van der Waals surface area contributed by atoms with Crippen molar-refractivity contribution in [2.24, 2.45) is 0 Å². The van der Waals surface area contributed by atoms with Crippen molar-refractivity contribution in [1.29, 1.82) is 0 Å². The van der Waals surface area contributed by atoms with Gasteiger partial charge < -0.3 is 10.1 Å². The normalized spacial score (nSPS) is 16.0. The van der Waals surface area contributed by atoms with Crippen LogP contribution in [0.15, 0.2) is 53.9 Å². The lowest BCUT2D eigenvalue weighted by atomic mass is 10.1. The van der Waals surface area contributed by atoms with Gasteiger partial charge in [-0.25, -0.2) is 4.98 Å². The van der Waals surface area contributed by atoms with Crippen LogP contribution in [-0.2, 0) is 19.6 Å². The zero-order valence-electron chi connectivity index (χ0n) is 14.4. The van der Waals surface area contributed by atoms with Crippen LogP contribution in [0.5, 0.6) is 5.75 Å². The van der Waals surface area contributed by atoms with Crippen LogP contribution in [0.2, 0.25) is 0 Å². The Balaban J connectivity index is 1.31. The summed E-state index contributed by atoms with van der Waals surface area (Å²) in [5.41, 5.74) is 5.26. The van der Waals surface area contributed by atoms with Gasteiger partial charge in [-0.3, -0.25) is 0 Å². The molecule has 128 valence electrons.